The summed E-state index contributed by atoms with van der Waals surface area (Å²) in [5, 5.41) is 12.8. The summed E-state index contributed by atoms with van der Waals surface area (Å²) in [5.74, 6) is 0.444. The number of hydrogen-bond acceptors (Lipinski definition) is 5. The Bertz CT molecular complexity index is 609. The molecule has 2 aromatic rings. The van der Waals surface area contributed by atoms with Gasteiger partial charge in [0.25, 0.3) is 0 Å². The molecule has 5 nitrogen and oxygen atoms in total. The van der Waals surface area contributed by atoms with Gasteiger partial charge in [-0.3, -0.25) is 0 Å². The van der Waals surface area contributed by atoms with Crippen LogP contribution in [0.1, 0.15) is 42.9 Å². The summed E-state index contributed by atoms with van der Waals surface area (Å²) in [6.07, 6.45) is 4.76. The number of aromatic nitrogens is 4. The van der Waals surface area contributed by atoms with Crippen molar-refractivity contribution in [3.8, 4) is 0 Å². The maximum Gasteiger partial charge on any atom is 0.209 e. The predicted molar refractivity (Wildman–Crippen MR) is 79.2 cm³/mol. The molecule has 21 heavy (non-hydrogen) atoms. The zero-order valence-corrected chi connectivity index (χ0v) is 12.5. The molecule has 1 saturated carbocycles. The number of thioether (sulfide) groups is 1. The Morgan fingerprint density at radius 3 is 2.86 bits per heavy atom. The number of benzene rings is 1. The van der Waals surface area contributed by atoms with E-state index in [1.165, 1.54) is 25.0 Å². The van der Waals surface area contributed by atoms with Gasteiger partial charge >= 0.3 is 0 Å². The van der Waals surface area contributed by atoms with Gasteiger partial charge in [-0.1, -0.05) is 30.7 Å². The molecule has 1 aromatic heterocycles. The summed E-state index contributed by atoms with van der Waals surface area (Å²) in [7, 11) is 0. The molecule has 0 saturated heterocycles. The van der Waals surface area contributed by atoms with E-state index in [2.05, 4.69) is 15.5 Å². The lowest BCUT2D eigenvalue weighted by Crippen LogP contribution is -2.08. The Labute approximate surface area is 127 Å². The van der Waals surface area contributed by atoms with Crippen LogP contribution in [0.3, 0.4) is 0 Å². The van der Waals surface area contributed by atoms with Crippen LogP contribution in [-0.2, 0) is 12.3 Å². The topological polar surface area (TPSA) is 69.6 Å². The number of nitrogens with zero attached hydrogens (tertiary/aromatic N) is 4. The summed E-state index contributed by atoms with van der Waals surface area (Å²) in [5.41, 5.74) is 7.54. The lowest BCUT2D eigenvalue weighted by atomic mass is 10.1. The molecule has 1 heterocycles. The lowest BCUT2D eigenvalue weighted by molar-refractivity contribution is 0.423. The van der Waals surface area contributed by atoms with Crippen LogP contribution in [0, 0.1) is 5.82 Å². The van der Waals surface area contributed by atoms with Crippen LogP contribution in [-0.4, -0.2) is 20.2 Å². The number of rotatable bonds is 5. The monoisotopic (exact) mass is 307 g/mol. The van der Waals surface area contributed by atoms with Crippen molar-refractivity contribution in [1.29, 1.82) is 0 Å². The summed E-state index contributed by atoms with van der Waals surface area (Å²) in [4.78, 5) is 0. The first-order valence-electron chi connectivity index (χ1n) is 7.16. The van der Waals surface area contributed by atoms with E-state index in [1.807, 2.05) is 4.68 Å². The van der Waals surface area contributed by atoms with Crippen LogP contribution in [0.5, 0.6) is 0 Å². The highest BCUT2D eigenvalue weighted by atomic mass is 32.2. The van der Waals surface area contributed by atoms with Gasteiger partial charge in [0, 0.05) is 12.3 Å². The van der Waals surface area contributed by atoms with Crippen molar-refractivity contribution in [2.45, 2.75) is 49.2 Å². The highest BCUT2D eigenvalue weighted by molar-refractivity contribution is 7.98. The third-order valence-corrected chi connectivity index (χ3v) is 4.86. The first kappa shape index (κ1) is 14.5. The fourth-order valence-corrected chi connectivity index (χ4v) is 3.70. The fourth-order valence-electron chi connectivity index (χ4n) is 2.73. The van der Waals surface area contributed by atoms with Gasteiger partial charge < -0.3 is 5.73 Å². The summed E-state index contributed by atoms with van der Waals surface area (Å²) in [6, 6.07) is 5.17. The van der Waals surface area contributed by atoms with Gasteiger partial charge in [0.05, 0.1) is 6.04 Å². The van der Waals surface area contributed by atoms with Crippen LogP contribution in [0.2, 0.25) is 0 Å². The molecule has 112 valence electrons. The van der Waals surface area contributed by atoms with Gasteiger partial charge in [-0.25, -0.2) is 9.07 Å². The van der Waals surface area contributed by atoms with E-state index in [-0.39, 0.29) is 5.82 Å². The molecular formula is C14H18FN5S. The summed E-state index contributed by atoms with van der Waals surface area (Å²) >= 11 is 1.58. The van der Waals surface area contributed by atoms with Gasteiger partial charge in [0.1, 0.15) is 5.82 Å². The Hall–Kier alpha value is -1.47. The van der Waals surface area contributed by atoms with E-state index >= 15 is 0 Å². The molecule has 1 fully saturated rings. The Kier molecular flexibility index (Phi) is 4.50. The molecule has 0 spiro atoms. The largest absolute Gasteiger partial charge is 0.326 e. The fraction of sp³-hybridized carbons (Fsp3) is 0.500. The third kappa shape index (κ3) is 3.24. The van der Waals surface area contributed by atoms with Gasteiger partial charge in [0.15, 0.2) is 0 Å². The molecule has 1 aromatic carbocycles. The number of nitrogens with two attached hydrogens (primary N) is 1. The normalized spacial score (nSPS) is 15.7. The SMILES string of the molecule is NCc1cc(F)ccc1CSc1nnnn1C1CCCC1. The maximum absolute atomic E-state index is 13.2. The van der Waals surface area contributed by atoms with E-state index in [0.29, 0.717) is 18.3 Å². The van der Waals surface area contributed by atoms with E-state index in [1.54, 1.807) is 17.8 Å². The van der Waals surface area contributed by atoms with E-state index in [4.69, 9.17) is 5.73 Å². The highest BCUT2D eigenvalue weighted by Gasteiger charge is 2.21. The van der Waals surface area contributed by atoms with E-state index in [0.717, 1.165) is 29.1 Å². The summed E-state index contributed by atoms with van der Waals surface area (Å²) < 4.78 is 15.2. The van der Waals surface area contributed by atoms with Crippen LogP contribution >= 0.6 is 11.8 Å². The lowest BCUT2D eigenvalue weighted by Gasteiger charge is -2.11. The first-order valence-corrected chi connectivity index (χ1v) is 8.14. The molecule has 0 aliphatic heterocycles. The standard InChI is InChI=1S/C14H18FN5S/c15-12-6-5-10(11(7-12)8-16)9-21-14-17-18-19-20(14)13-3-1-2-4-13/h5-7,13H,1-4,8-9,16H2. The summed E-state index contributed by atoms with van der Waals surface area (Å²) in [6.45, 7) is 0.335. The van der Waals surface area contributed by atoms with Crippen molar-refractivity contribution in [3.05, 3.63) is 35.1 Å². The molecule has 1 aliphatic rings. The second-order valence-corrected chi connectivity index (χ2v) is 6.19. The molecule has 7 heteroatoms. The van der Waals surface area contributed by atoms with Crippen molar-refractivity contribution >= 4 is 11.8 Å². The van der Waals surface area contributed by atoms with Crippen LogP contribution in [0.4, 0.5) is 4.39 Å². The van der Waals surface area contributed by atoms with Crippen molar-refractivity contribution in [3.63, 3.8) is 0 Å². The molecule has 0 amide bonds. The molecule has 0 atom stereocenters. The smallest absolute Gasteiger partial charge is 0.209 e. The van der Waals surface area contributed by atoms with Crippen LogP contribution < -0.4 is 5.73 Å². The minimum absolute atomic E-state index is 0.250. The first-order chi connectivity index (χ1) is 10.3. The average molecular weight is 307 g/mol. The molecule has 0 bridgehead atoms. The molecule has 0 unspecified atom stereocenters. The van der Waals surface area contributed by atoms with Crippen molar-refractivity contribution in [1.82, 2.24) is 20.2 Å². The minimum atomic E-state index is -0.250. The molecule has 1 aliphatic carbocycles. The van der Waals surface area contributed by atoms with E-state index < -0.39 is 0 Å². The zero-order chi connectivity index (χ0) is 14.7. The molecular weight excluding hydrogens is 289 g/mol. The van der Waals surface area contributed by atoms with Gasteiger partial charge in [-0.15, -0.1) is 5.10 Å². The van der Waals surface area contributed by atoms with Crippen LogP contribution in [0.15, 0.2) is 23.4 Å². The van der Waals surface area contributed by atoms with Crippen LogP contribution in [0.25, 0.3) is 0 Å². The van der Waals surface area contributed by atoms with Crippen molar-refractivity contribution in [2.24, 2.45) is 5.73 Å². The second-order valence-electron chi connectivity index (χ2n) is 5.25. The van der Waals surface area contributed by atoms with Gasteiger partial charge in [-0.2, -0.15) is 0 Å². The van der Waals surface area contributed by atoms with Gasteiger partial charge in [0.2, 0.25) is 5.16 Å². The third-order valence-electron chi connectivity index (χ3n) is 3.88. The number of tetrazole rings is 1. The number of hydrogen-bond donors (Lipinski definition) is 1. The number of halogens is 1. The van der Waals surface area contributed by atoms with Crippen molar-refractivity contribution in [2.75, 3.05) is 0 Å². The molecule has 0 radical (unpaired) electrons. The Balaban J connectivity index is 1.72. The Morgan fingerprint density at radius 2 is 2.10 bits per heavy atom. The zero-order valence-electron chi connectivity index (χ0n) is 11.7. The minimum Gasteiger partial charge on any atom is -0.326 e. The van der Waals surface area contributed by atoms with Crippen molar-refractivity contribution < 1.29 is 4.39 Å². The maximum atomic E-state index is 13.2. The van der Waals surface area contributed by atoms with E-state index in [9.17, 15) is 4.39 Å². The molecule has 3 rings (SSSR count). The Morgan fingerprint density at radius 1 is 1.29 bits per heavy atom. The predicted octanol–water partition coefficient (Wildman–Crippen LogP) is 2.68. The highest BCUT2D eigenvalue weighted by Crippen LogP contribution is 2.32. The second kappa shape index (κ2) is 6.53. The quantitative estimate of drug-likeness (QED) is 0.860. The molecule has 2 N–H and O–H groups in total. The van der Waals surface area contributed by atoms with Gasteiger partial charge in [-0.05, 0) is 46.5 Å². The average Bonchev–Trinajstić information content (AvgIpc) is 3.16.